The standard InChI is InChI=1S/H6Si4/c1-3-2-4(1)3/h3-4H,1-2H2. The van der Waals surface area contributed by atoms with E-state index in [4.69, 9.17) is 0 Å². The summed E-state index contributed by atoms with van der Waals surface area (Å²) in [5.41, 5.74) is 0. The second kappa shape index (κ2) is 0.404. The summed E-state index contributed by atoms with van der Waals surface area (Å²) in [6, 6.07) is 0. The highest BCUT2D eigenvalue weighted by Gasteiger charge is 2.55. The summed E-state index contributed by atoms with van der Waals surface area (Å²) < 4.78 is 0. The molecule has 0 saturated carbocycles. The zero-order chi connectivity index (χ0) is 2.57. The lowest BCUT2D eigenvalue weighted by atomic mass is 26.5. The van der Waals surface area contributed by atoms with Crippen LogP contribution in [0.25, 0.3) is 0 Å². The fraction of sp³-hybridized carbons (Fsp3) is 0. The Morgan fingerprint density at radius 3 is 1.25 bits per heavy atom. The van der Waals surface area contributed by atoms with Gasteiger partial charge in [0.25, 0.3) is 0 Å². The zero-order valence-electron chi connectivity index (χ0n) is 2.57. The third-order valence-electron chi connectivity index (χ3n) is 1.47. The number of fused-ring (bicyclic) bond motifs is 1. The van der Waals surface area contributed by atoms with E-state index < -0.39 is 0 Å². The van der Waals surface area contributed by atoms with E-state index in [9.17, 15) is 0 Å². The van der Waals surface area contributed by atoms with E-state index in [1.807, 2.05) is 0 Å². The van der Waals surface area contributed by atoms with Gasteiger partial charge >= 0.3 is 0 Å². The van der Waals surface area contributed by atoms with Crippen molar-refractivity contribution in [3.8, 4) is 0 Å². The fourth-order valence-corrected chi connectivity index (χ4v) is 107. The summed E-state index contributed by atoms with van der Waals surface area (Å²) in [5.74, 6) is 0. The molecule has 0 amide bonds. The van der Waals surface area contributed by atoms with Crippen LogP contribution in [-0.4, -0.2) is 31.8 Å². The third-order valence-corrected chi connectivity index (χ3v) is 93.7. The summed E-state index contributed by atoms with van der Waals surface area (Å²) in [4.78, 5) is 0. The lowest BCUT2D eigenvalue weighted by molar-refractivity contribution is 4.19. The zero-order valence-corrected chi connectivity index (χ0v) is 7.71. The van der Waals surface area contributed by atoms with Gasteiger partial charge in [-0.3, -0.25) is 0 Å². The molecule has 0 aromatic carbocycles. The van der Waals surface area contributed by atoms with Gasteiger partial charge in [-0.25, -0.2) is 0 Å². The van der Waals surface area contributed by atoms with Crippen molar-refractivity contribution in [3.63, 3.8) is 0 Å². The van der Waals surface area contributed by atoms with Crippen LogP contribution in [0, 0.1) is 0 Å². The summed E-state index contributed by atoms with van der Waals surface area (Å²) in [7, 11) is 3.44. The minimum atomic E-state index is 0.694. The molecule has 0 aromatic rings. The van der Waals surface area contributed by atoms with Gasteiger partial charge < -0.3 is 0 Å². The van der Waals surface area contributed by atoms with Gasteiger partial charge in [0.05, 0.1) is 0 Å². The maximum Gasteiger partial charge on any atom is -0.00638 e. The molecule has 2 aliphatic heterocycles. The van der Waals surface area contributed by atoms with Crippen LogP contribution < -0.4 is 0 Å². The first-order valence-electron chi connectivity index (χ1n) is 1.97. The predicted molar refractivity (Wildman–Crippen MR) is 31.4 cm³/mol. The summed E-state index contributed by atoms with van der Waals surface area (Å²) in [6.07, 6.45) is 0. The van der Waals surface area contributed by atoms with Crippen LogP contribution in [0.15, 0.2) is 0 Å². The van der Waals surface area contributed by atoms with E-state index in [0.717, 1.165) is 17.1 Å². The highest BCUT2D eigenvalue weighted by Crippen LogP contribution is 2.18. The molecule has 2 heterocycles. The first-order chi connectivity index (χ1) is 1.97. The lowest BCUT2D eigenvalue weighted by Crippen LogP contribution is -1.94. The van der Waals surface area contributed by atoms with Gasteiger partial charge in [-0.05, 0) is 31.8 Å². The van der Waals surface area contributed by atoms with Crippen molar-refractivity contribution < 1.29 is 0 Å². The third kappa shape index (κ3) is 0.127. The number of rotatable bonds is 0. The van der Waals surface area contributed by atoms with Gasteiger partial charge in [0.1, 0.15) is 0 Å². The summed E-state index contributed by atoms with van der Waals surface area (Å²) in [5, 5.41) is 0. The average Bonchev–Trinajstić information content (AvgIpc) is 1.36. The molecule has 0 nitrogen and oxygen atoms in total. The Kier molecular flexibility index (Phi) is 0.214. The average molecular weight is 118 g/mol. The van der Waals surface area contributed by atoms with Crippen molar-refractivity contribution in [1.82, 2.24) is 0 Å². The van der Waals surface area contributed by atoms with Crippen molar-refractivity contribution in [2.75, 3.05) is 0 Å². The van der Waals surface area contributed by atoms with Crippen LogP contribution in [0.5, 0.6) is 0 Å². The molecule has 2 aliphatic rings. The topological polar surface area (TPSA) is 0 Å². The molecular formula is H6Si4. The van der Waals surface area contributed by atoms with Crippen molar-refractivity contribution in [2.24, 2.45) is 0 Å². The van der Waals surface area contributed by atoms with Gasteiger partial charge in [0, 0.05) is 0 Å². The first-order valence-corrected chi connectivity index (χ1v) is 17.7. The number of hydrogen-bond acceptors (Lipinski definition) is 0. The quantitative estimate of drug-likeness (QED) is 0.295. The maximum absolute atomic E-state index is 1.03. The molecule has 0 atom stereocenters. The Labute approximate surface area is 32.4 Å². The molecule has 0 radical (unpaired) electrons. The highest BCUT2D eigenvalue weighted by atomic mass is 30.6. The van der Waals surface area contributed by atoms with E-state index in [-0.39, 0.29) is 0 Å². The normalized spacial score (nSPS) is 78.0. The Balaban J connectivity index is 2.48. The predicted octanol–water partition coefficient (Wildman–Crippen LogP) is -3.13. The second-order valence-corrected chi connectivity index (χ2v) is 53.8. The molecule has 2 rings (SSSR count). The van der Waals surface area contributed by atoms with Gasteiger partial charge in [0.15, 0.2) is 0 Å². The first kappa shape index (κ1) is 2.11. The minimum absolute atomic E-state index is 0.694. The molecule has 0 N–H and O–H groups in total. The summed E-state index contributed by atoms with van der Waals surface area (Å²) in [6.45, 7) is 0. The van der Waals surface area contributed by atoms with E-state index in [1.165, 1.54) is 0 Å². The Morgan fingerprint density at radius 1 is 1.00 bits per heavy atom. The van der Waals surface area contributed by atoms with E-state index in [2.05, 4.69) is 0 Å². The molecule has 0 bridgehead atoms. The fourth-order valence-electron chi connectivity index (χ4n) is 0.552. The second-order valence-electron chi connectivity index (χ2n) is 1.99. The van der Waals surface area contributed by atoms with Crippen LogP contribution in [0.4, 0.5) is 0 Å². The largest absolute Gasteiger partial charge is 0.00825 e. The maximum atomic E-state index is 1.03. The van der Waals surface area contributed by atoms with E-state index in [1.54, 1.807) is 0 Å². The molecule has 0 unspecified atom stereocenters. The smallest absolute Gasteiger partial charge is 0.00638 e. The number of hydrogen-bond donors (Lipinski definition) is 0. The van der Waals surface area contributed by atoms with Crippen molar-refractivity contribution in [1.29, 1.82) is 0 Å². The van der Waals surface area contributed by atoms with Crippen LogP contribution in [-0.2, 0) is 0 Å². The molecule has 0 aromatic heterocycles. The van der Waals surface area contributed by atoms with E-state index >= 15 is 0 Å². The molecule has 2 saturated heterocycles. The summed E-state index contributed by atoms with van der Waals surface area (Å²) >= 11 is 0. The van der Waals surface area contributed by atoms with Gasteiger partial charge in [-0.1, -0.05) is 0 Å². The van der Waals surface area contributed by atoms with Gasteiger partial charge in [-0.2, -0.15) is 0 Å². The van der Waals surface area contributed by atoms with Crippen molar-refractivity contribution in [2.45, 2.75) is 0 Å². The monoisotopic (exact) mass is 118 g/mol. The Morgan fingerprint density at radius 2 is 1.25 bits per heavy atom. The highest BCUT2D eigenvalue weighted by molar-refractivity contribution is 8.32. The van der Waals surface area contributed by atoms with Gasteiger partial charge in [-0.15, -0.1) is 0 Å². The van der Waals surface area contributed by atoms with Crippen molar-refractivity contribution >= 4 is 31.8 Å². The lowest BCUT2D eigenvalue weighted by Gasteiger charge is -1.57. The van der Waals surface area contributed by atoms with Crippen LogP contribution in [0.1, 0.15) is 0 Å². The van der Waals surface area contributed by atoms with Crippen molar-refractivity contribution in [3.05, 3.63) is 0 Å². The molecule has 0 aliphatic carbocycles. The molecule has 2 fully saturated rings. The molecule has 4 heavy (non-hydrogen) atoms. The van der Waals surface area contributed by atoms with Crippen LogP contribution in [0.2, 0.25) is 0 Å². The molecule has 22 valence electrons. The molecule has 0 spiro atoms. The Bertz CT molecular complexity index is 36.0. The molecular weight excluding hydrogens is 112 g/mol. The SMILES string of the molecule is [SiH2]1[SiH]2[SiH2][SiH]12. The van der Waals surface area contributed by atoms with E-state index in [0.29, 0.717) is 14.7 Å². The van der Waals surface area contributed by atoms with Crippen LogP contribution in [0.3, 0.4) is 0 Å². The molecule has 4 heteroatoms. The van der Waals surface area contributed by atoms with Gasteiger partial charge in [0.2, 0.25) is 0 Å². The minimum Gasteiger partial charge on any atom is -0.00825 e. The Hall–Kier alpha value is 0.868. The van der Waals surface area contributed by atoms with Crippen LogP contribution >= 0.6 is 0 Å².